The zero-order chi connectivity index (χ0) is 26.8. The molecule has 3 aliphatic rings. The molecule has 2 saturated carbocycles. The molecule has 1 amide bonds. The van der Waals surface area contributed by atoms with Crippen LogP contribution >= 0.6 is 0 Å². The second-order valence-corrected chi connectivity index (χ2v) is 10.7. The highest BCUT2D eigenvalue weighted by molar-refractivity contribution is 6.24. The van der Waals surface area contributed by atoms with Gasteiger partial charge < -0.3 is 26.0 Å². The van der Waals surface area contributed by atoms with Crippen LogP contribution in [0.4, 0.5) is 0 Å². The maximum Gasteiger partial charge on any atom is 0.228 e. The van der Waals surface area contributed by atoms with Crippen LogP contribution in [0.15, 0.2) is 42.0 Å². The number of aliphatic hydroxyl groups excluding tert-OH is 1. The van der Waals surface area contributed by atoms with Crippen LogP contribution in [0.25, 0.3) is 16.9 Å². The van der Waals surface area contributed by atoms with Crippen LogP contribution in [0.5, 0.6) is 5.75 Å². The predicted molar refractivity (Wildman–Crippen MR) is 138 cm³/mol. The van der Waals surface area contributed by atoms with Gasteiger partial charge in [-0.25, -0.2) is 0 Å². The van der Waals surface area contributed by atoms with Crippen molar-refractivity contribution in [2.24, 2.45) is 23.5 Å². The molecular formula is C29H32N2O6. The van der Waals surface area contributed by atoms with Crippen molar-refractivity contribution >= 4 is 23.2 Å². The number of hydrogen-bond donors (Lipinski definition) is 4. The number of Topliss-reactive ketones (excluding diaryl/α,β-unsaturated/α-hetero) is 2. The summed E-state index contributed by atoms with van der Waals surface area (Å²) < 4.78 is 0. The highest BCUT2D eigenvalue weighted by Gasteiger charge is 2.64. The van der Waals surface area contributed by atoms with Gasteiger partial charge in [-0.15, -0.1) is 0 Å². The molecule has 0 spiro atoms. The number of phenolic OH excluding ortho intramolecular Hbond substituents is 1. The Morgan fingerprint density at radius 1 is 1.14 bits per heavy atom. The van der Waals surface area contributed by atoms with E-state index >= 15 is 0 Å². The van der Waals surface area contributed by atoms with Crippen molar-refractivity contribution in [3.8, 4) is 16.9 Å². The molecule has 0 aromatic heterocycles. The first-order valence-corrected chi connectivity index (χ1v) is 12.7. The van der Waals surface area contributed by atoms with E-state index in [0.717, 1.165) is 28.7 Å². The van der Waals surface area contributed by atoms with E-state index in [1.54, 1.807) is 14.1 Å². The molecule has 5 rings (SSSR count). The molecule has 3 aliphatic carbocycles. The van der Waals surface area contributed by atoms with Gasteiger partial charge in [-0.05, 0) is 74.0 Å². The van der Waals surface area contributed by atoms with Crippen molar-refractivity contribution in [2.45, 2.75) is 44.2 Å². The summed E-state index contributed by atoms with van der Waals surface area (Å²) in [7, 11) is 3.55. The molecule has 2 aromatic carbocycles. The predicted octanol–water partition coefficient (Wildman–Crippen LogP) is 2.39. The number of nitrogens with zero attached hydrogens (tertiary/aromatic N) is 1. The lowest BCUT2D eigenvalue weighted by Gasteiger charge is -2.52. The second kappa shape index (κ2) is 8.82. The molecule has 37 heavy (non-hydrogen) atoms. The Kier molecular flexibility index (Phi) is 6.00. The topological polar surface area (TPSA) is 141 Å². The van der Waals surface area contributed by atoms with E-state index in [1.165, 1.54) is 6.07 Å². The number of hydrogen-bond acceptors (Lipinski definition) is 7. The van der Waals surface area contributed by atoms with E-state index in [1.807, 2.05) is 29.2 Å². The van der Waals surface area contributed by atoms with Gasteiger partial charge >= 0.3 is 0 Å². The molecule has 2 aromatic rings. The molecule has 8 heteroatoms. The average molecular weight is 505 g/mol. The van der Waals surface area contributed by atoms with Gasteiger partial charge in [0.15, 0.2) is 11.4 Å². The fourth-order valence-corrected chi connectivity index (χ4v) is 6.69. The van der Waals surface area contributed by atoms with Crippen LogP contribution in [0, 0.1) is 17.8 Å². The third-order valence-electron chi connectivity index (χ3n) is 8.59. The molecule has 0 heterocycles. The minimum atomic E-state index is -2.48. The smallest absolute Gasteiger partial charge is 0.228 e. The lowest BCUT2D eigenvalue weighted by Crippen LogP contribution is -2.69. The normalized spacial score (nSPS) is 29.1. The summed E-state index contributed by atoms with van der Waals surface area (Å²) in [5, 5.41) is 33.8. The molecule has 0 aliphatic heterocycles. The van der Waals surface area contributed by atoms with Gasteiger partial charge in [0.05, 0.1) is 5.56 Å². The van der Waals surface area contributed by atoms with E-state index in [4.69, 9.17) is 5.73 Å². The van der Waals surface area contributed by atoms with Gasteiger partial charge in [-0.3, -0.25) is 14.4 Å². The highest BCUT2D eigenvalue weighted by atomic mass is 16.3. The Morgan fingerprint density at radius 3 is 2.51 bits per heavy atom. The molecular weight excluding hydrogens is 472 g/mol. The maximum absolute atomic E-state index is 13.9. The minimum absolute atomic E-state index is 0.0722. The number of aryl methyl sites for hydroxylation is 1. The molecule has 0 saturated heterocycles. The average Bonchev–Trinajstić information content (AvgIpc) is 2.85. The molecule has 5 N–H and O–H groups in total. The number of carbonyl (C=O) groups excluding carboxylic acids is 3. The molecule has 2 fully saturated rings. The Bertz CT molecular complexity index is 1360. The standard InChI is InChI=1S/C29H32N2O6/c1-4-14-6-5-7-15(10-14)17-8-9-22(32)24-18(17)11-16-12-20-21(31(2)3)13-19(28(30)36)26(34)29(20,37)27(35)23(16)25(24)33/h5-10,16,19-21,32-33,37H,4,11-13H2,1-3H3,(H2,30,36)/t16?,19?,20?,21-,29-/m1/s1. The van der Waals surface area contributed by atoms with Crippen molar-refractivity contribution in [2.75, 3.05) is 14.1 Å². The van der Waals surface area contributed by atoms with Crippen molar-refractivity contribution < 1.29 is 29.7 Å². The third-order valence-corrected chi connectivity index (χ3v) is 8.59. The van der Waals surface area contributed by atoms with Gasteiger partial charge in [0.2, 0.25) is 11.7 Å². The molecule has 3 unspecified atom stereocenters. The summed E-state index contributed by atoms with van der Waals surface area (Å²) in [6, 6.07) is 10.9. The van der Waals surface area contributed by atoms with Gasteiger partial charge in [-0.1, -0.05) is 37.3 Å². The SMILES string of the molecule is CCc1cccc(-c2ccc(O)c3c2CC2CC4[C@H](N(C)C)CC(C(N)=O)C(=O)[C@@]4(O)C(=O)C2=C3O)c1. The Morgan fingerprint density at radius 2 is 1.86 bits per heavy atom. The number of benzene rings is 2. The van der Waals surface area contributed by atoms with Crippen molar-refractivity contribution in [1.82, 2.24) is 4.90 Å². The van der Waals surface area contributed by atoms with Crippen LogP contribution in [0.1, 0.15) is 36.5 Å². The minimum Gasteiger partial charge on any atom is -0.507 e. The molecule has 194 valence electrons. The summed E-state index contributed by atoms with van der Waals surface area (Å²) in [5.74, 6) is -5.87. The number of aliphatic hydroxyl groups is 2. The molecule has 0 bridgehead atoms. The summed E-state index contributed by atoms with van der Waals surface area (Å²) in [6.45, 7) is 2.07. The Labute approximate surface area is 215 Å². The first kappa shape index (κ1) is 25.2. The van der Waals surface area contributed by atoms with Crippen LogP contribution in [-0.4, -0.2) is 63.4 Å². The van der Waals surface area contributed by atoms with Crippen LogP contribution in [0.2, 0.25) is 0 Å². The summed E-state index contributed by atoms with van der Waals surface area (Å²) in [6.07, 6.45) is 1.57. The lowest BCUT2D eigenvalue weighted by molar-refractivity contribution is -0.173. The molecule has 0 radical (unpaired) electrons. The lowest BCUT2D eigenvalue weighted by atomic mass is 9.55. The van der Waals surface area contributed by atoms with Gasteiger partial charge in [0.1, 0.15) is 17.4 Å². The van der Waals surface area contributed by atoms with E-state index in [0.29, 0.717) is 6.42 Å². The van der Waals surface area contributed by atoms with Gasteiger partial charge in [0, 0.05) is 17.5 Å². The largest absolute Gasteiger partial charge is 0.507 e. The molecule has 8 nitrogen and oxygen atoms in total. The van der Waals surface area contributed by atoms with Crippen LogP contribution in [-0.2, 0) is 27.2 Å². The van der Waals surface area contributed by atoms with Crippen LogP contribution in [0.3, 0.4) is 0 Å². The first-order chi connectivity index (χ1) is 17.5. The monoisotopic (exact) mass is 504 g/mol. The third kappa shape index (κ3) is 3.61. The van der Waals surface area contributed by atoms with E-state index in [9.17, 15) is 29.7 Å². The number of ketones is 2. The Balaban J connectivity index is 1.69. The zero-order valence-electron chi connectivity index (χ0n) is 21.2. The number of nitrogens with two attached hydrogens (primary N) is 1. The zero-order valence-corrected chi connectivity index (χ0v) is 21.2. The van der Waals surface area contributed by atoms with Crippen molar-refractivity contribution in [3.63, 3.8) is 0 Å². The van der Waals surface area contributed by atoms with Crippen molar-refractivity contribution in [3.05, 3.63) is 58.7 Å². The van der Waals surface area contributed by atoms with Crippen molar-refractivity contribution in [1.29, 1.82) is 0 Å². The number of fused-ring (bicyclic) bond motifs is 3. The summed E-state index contributed by atoms with van der Waals surface area (Å²) in [4.78, 5) is 41.1. The first-order valence-electron chi connectivity index (χ1n) is 12.7. The van der Waals surface area contributed by atoms with E-state index in [-0.39, 0.29) is 29.7 Å². The fraction of sp³-hybridized carbons (Fsp3) is 0.414. The maximum atomic E-state index is 13.9. The van der Waals surface area contributed by atoms with Crippen LogP contribution < -0.4 is 5.73 Å². The van der Waals surface area contributed by atoms with E-state index < -0.39 is 52.6 Å². The highest BCUT2D eigenvalue weighted by Crippen LogP contribution is 2.53. The quantitative estimate of drug-likeness (QED) is 0.469. The second-order valence-electron chi connectivity index (χ2n) is 10.7. The van der Waals surface area contributed by atoms with Gasteiger partial charge in [0.25, 0.3) is 0 Å². The summed E-state index contributed by atoms with van der Waals surface area (Å²) >= 11 is 0. The number of carbonyl (C=O) groups is 3. The number of amides is 1. The number of rotatable bonds is 4. The van der Waals surface area contributed by atoms with Gasteiger partial charge in [-0.2, -0.15) is 0 Å². The number of primary amides is 1. The van der Waals surface area contributed by atoms with E-state index in [2.05, 4.69) is 13.0 Å². The Hall–Kier alpha value is -3.49. The fourth-order valence-electron chi connectivity index (χ4n) is 6.69. The number of aromatic hydroxyl groups is 1. The summed E-state index contributed by atoms with van der Waals surface area (Å²) in [5.41, 5.74) is 6.72. The molecule has 5 atom stereocenters. The number of phenols is 1.